The number of H-pyrrole nitrogens is 1. The summed E-state index contributed by atoms with van der Waals surface area (Å²) in [5.74, 6) is 0.0410. The summed E-state index contributed by atoms with van der Waals surface area (Å²) in [4.78, 5) is 21.7. The first-order valence-corrected chi connectivity index (χ1v) is 6.20. The molecule has 114 valence electrons. The van der Waals surface area contributed by atoms with Crippen LogP contribution in [-0.4, -0.2) is 66.9 Å². The highest BCUT2D eigenvalue weighted by Gasteiger charge is 2.44. The molecule has 1 aliphatic rings. The summed E-state index contributed by atoms with van der Waals surface area (Å²) in [5.41, 5.74) is -0.121. The number of methoxy groups -OCH3 is 1. The molecule has 21 heavy (non-hydrogen) atoms. The minimum absolute atomic E-state index is 0.0410. The number of aliphatic hydroxyl groups is 3. The Kier molecular flexibility index (Phi) is 3.37. The Labute approximate surface area is 117 Å². The van der Waals surface area contributed by atoms with Crippen molar-refractivity contribution in [3.63, 3.8) is 0 Å². The number of rotatable bonds is 3. The predicted octanol–water partition coefficient (Wildman–Crippen LogP) is -2.26. The average Bonchev–Trinajstić information content (AvgIpc) is 3.01. The molecule has 2 aromatic heterocycles. The van der Waals surface area contributed by atoms with E-state index in [1.54, 1.807) is 0 Å². The number of nitrogens with zero attached hydrogens (tertiary/aromatic N) is 3. The highest BCUT2D eigenvalue weighted by atomic mass is 16.6. The molecule has 2 aromatic rings. The van der Waals surface area contributed by atoms with Gasteiger partial charge in [-0.15, -0.1) is 0 Å². The van der Waals surface area contributed by atoms with E-state index in [1.807, 2.05) is 0 Å². The molecule has 0 bridgehead atoms. The summed E-state index contributed by atoms with van der Waals surface area (Å²) < 4.78 is 11.7. The Morgan fingerprint density at radius 1 is 1.48 bits per heavy atom. The van der Waals surface area contributed by atoms with Gasteiger partial charge in [0.2, 0.25) is 5.88 Å². The second-order valence-corrected chi connectivity index (χ2v) is 4.63. The van der Waals surface area contributed by atoms with Crippen LogP contribution < -0.4 is 10.4 Å². The van der Waals surface area contributed by atoms with Crippen LogP contribution >= 0.6 is 0 Å². The molecule has 0 unspecified atom stereocenters. The van der Waals surface area contributed by atoms with Crippen LogP contribution in [0.1, 0.15) is 6.23 Å². The Balaban J connectivity index is 2.10. The number of imidazole rings is 1. The number of hydrogen-bond donors (Lipinski definition) is 4. The van der Waals surface area contributed by atoms with Gasteiger partial charge < -0.3 is 24.8 Å². The van der Waals surface area contributed by atoms with E-state index in [1.165, 1.54) is 18.0 Å². The molecule has 1 saturated heterocycles. The van der Waals surface area contributed by atoms with E-state index in [-0.39, 0.29) is 17.0 Å². The molecular weight excluding hydrogens is 284 g/mol. The Bertz CT molecular complexity index is 712. The summed E-state index contributed by atoms with van der Waals surface area (Å²) in [6.45, 7) is -0.442. The van der Waals surface area contributed by atoms with Gasteiger partial charge in [-0.1, -0.05) is 0 Å². The molecule has 0 saturated carbocycles. The first-order valence-electron chi connectivity index (χ1n) is 6.20. The lowest BCUT2D eigenvalue weighted by Crippen LogP contribution is -2.33. The first kappa shape index (κ1) is 13.9. The van der Waals surface area contributed by atoms with Gasteiger partial charge in [-0.05, 0) is 0 Å². The topological polar surface area (TPSA) is 143 Å². The molecule has 0 spiro atoms. The Hall–Kier alpha value is -2.01. The van der Waals surface area contributed by atoms with Crippen molar-refractivity contribution in [1.82, 2.24) is 19.5 Å². The molecule has 0 aromatic carbocycles. The van der Waals surface area contributed by atoms with E-state index >= 15 is 0 Å². The number of nitrogens with one attached hydrogen (secondary N) is 1. The van der Waals surface area contributed by atoms with Crippen LogP contribution in [0.25, 0.3) is 11.2 Å². The SMILES string of the molecule is COc1nc(=O)[nH]c2c1ncn2[C@@H]1O[C@H](CO)[C@@H](O)[C@H]1O. The summed E-state index contributed by atoms with van der Waals surface area (Å²) in [6.07, 6.45) is -3.11. The zero-order valence-electron chi connectivity index (χ0n) is 11.0. The van der Waals surface area contributed by atoms with E-state index < -0.39 is 36.8 Å². The molecule has 0 aliphatic carbocycles. The summed E-state index contributed by atoms with van der Waals surface area (Å²) in [7, 11) is 1.35. The van der Waals surface area contributed by atoms with Crippen LogP contribution in [0.5, 0.6) is 5.88 Å². The minimum atomic E-state index is -1.28. The van der Waals surface area contributed by atoms with Gasteiger partial charge >= 0.3 is 5.69 Å². The zero-order valence-corrected chi connectivity index (χ0v) is 11.0. The summed E-state index contributed by atoms with van der Waals surface area (Å²) in [5, 5.41) is 28.9. The lowest BCUT2D eigenvalue weighted by Gasteiger charge is -2.16. The smallest absolute Gasteiger partial charge is 0.349 e. The molecule has 0 radical (unpaired) electrons. The lowest BCUT2D eigenvalue weighted by molar-refractivity contribution is -0.0511. The number of fused-ring (bicyclic) bond motifs is 1. The molecule has 4 atom stereocenters. The lowest BCUT2D eigenvalue weighted by atomic mass is 10.1. The fourth-order valence-electron chi connectivity index (χ4n) is 2.36. The molecule has 3 rings (SSSR count). The van der Waals surface area contributed by atoms with Gasteiger partial charge in [0.25, 0.3) is 0 Å². The van der Waals surface area contributed by atoms with Gasteiger partial charge in [0.1, 0.15) is 24.0 Å². The van der Waals surface area contributed by atoms with Crippen molar-refractivity contribution in [2.45, 2.75) is 24.5 Å². The molecule has 10 nitrogen and oxygen atoms in total. The minimum Gasteiger partial charge on any atom is -0.479 e. The van der Waals surface area contributed by atoms with E-state index in [0.717, 1.165) is 0 Å². The maximum atomic E-state index is 11.5. The number of aromatic nitrogens is 4. The largest absolute Gasteiger partial charge is 0.479 e. The fourth-order valence-corrected chi connectivity index (χ4v) is 2.36. The number of aliphatic hydroxyl groups excluding tert-OH is 3. The number of ether oxygens (including phenoxy) is 2. The van der Waals surface area contributed by atoms with Gasteiger partial charge in [0, 0.05) is 0 Å². The Morgan fingerprint density at radius 2 is 2.24 bits per heavy atom. The van der Waals surface area contributed by atoms with Gasteiger partial charge in [0.05, 0.1) is 20.0 Å². The molecule has 1 aliphatic heterocycles. The van der Waals surface area contributed by atoms with Crippen LogP contribution in [0.4, 0.5) is 0 Å². The van der Waals surface area contributed by atoms with Gasteiger partial charge in [0.15, 0.2) is 11.7 Å². The quantitative estimate of drug-likeness (QED) is 0.497. The zero-order chi connectivity index (χ0) is 15.1. The van der Waals surface area contributed by atoms with Crippen molar-refractivity contribution < 1.29 is 24.8 Å². The molecule has 4 N–H and O–H groups in total. The second-order valence-electron chi connectivity index (χ2n) is 4.63. The van der Waals surface area contributed by atoms with E-state index in [9.17, 15) is 15.0 Å². The van der Waals surface area contributed by atoms with Crippen LogP contribution in [0.15, 0.2) is 11.1 Å². The van der Waals surface area contributed by atoms with Crippen molar-refractivity contribution in [2.24, 2.45) is 0 Å². The van der Waals surface area contributed by atoms with Gasteiger partial charge in [-0.25, -0.2) is 9.78 Å². The average molecular weight is 298 g/mol. The highest BCUT2D eigenvalue weighted by molar-refractivity contribution is 5.75. The van der Waals surface area contributed by atoms with Crippen molar-refractivity contribution in [2.75, 3.05) is 13.7 Å². The predicted molar refractivity (Wildman–Crippen MR) is 67.7 cm³/mol. The number of aromatic amines is 1. The highest BCUT2D eigenvalue weighted by Crippen LogP contribution is 2.31. The first-order chi connectivity index (χ1) is 10.1. The van der Waals surface area contributed by atoms with Crippen LogP contribution in [0.2, 0.25) is 0 Å². The van der Waals surface area contributed by atoms with E-state index in [4.69, 9.17) is 14.6 Å². The summed E-state index contributed by atoms with van der Waals surface area (Å²) in [6, 6.07) is 0. The van der Waals surface area contributed by atoms with Crippen molar-refractivity contribution in [3.05, 3.63) is 16.8 Å². The summed E-state index contributed by atoms with van der Waals surface area (Å²) >= 11 is 0. The maximum Gasteiger partial charge on any atom is 0.349 e. The molecule has 1 fully saturated rings. The van der Waals surface area contributed by atoms with E-state index in [0.29, 0.717) is 0 Å². The van der Waals surface area contributed by atoms with Crippen molar-refractivity contribution in [1.29, 1.82) is 0 Å². The monoisotopic (exact) mass is 298 g/mol. The maximum absolute atomic E-state index is 11.5. The third-order valence-corrected chi connectivity index (χ3v) is 3.41. The third-order valence-electron chi connectivity index (χ3n) is 3.41. The van der Waals surface area contributed by atoms with Crippen molar-refractivity contribution in [3.8, 4) is 5.88 Å². The van der Waals surface area contributed by atoms with Gasteiger partial charge in [-0.3, -0.25) is 9.55 Å². The standard InChI is InChI=1S/C11H14N4O6/c1-20-9-5-8(13-11(19)14-9)15(3-12-5)10-7(18)6(17)4(2-16)21-10/h3-4,6-7,10,16-18H,2H2,1H3,(H,13,14,19)/t4-,6-,7-,10-/m1/s1. The fraction of sp³-hybridized carbons (Fsp3) is 0.545. The van der Waals surface area contributed by atoms with Crippen LogP contribution in [0.3, 0.4) is 0 Å². The molecule has 0 amide bonds. The number of hydrogen-bond acceptors (Lipinski definition) is 8. The van der Waals surface area contributed by atoms with Crippen LogP contribution in [-0.2, 0) is 4.74 Å². The van der Waals surface area contributed by atoms with Crippen LogP contribution in [0, 0.1) is 0 Å². The molecule has 10 heteroatoms. The van der Waals surface area contributed by atoms with Crippen molar-refractivity contribution >= 4 is 11.2 Å². The normalized spacial score (nSPS) is 29.1. The molecule has 3 heterocycles. The second kappa shape index (κ2) is 5.07. The van der Waals surface area contributed by atoms with Gasteiger partial charge in [-0.2, -0.15) is 4.98 Å². The van der Waals surface area contributed by atoms with E-state index in [2.05, 4.69) is 15.0 Å². The Morgan fingerprint density at radius 3 is 2.86 bits per heavy atom. The third kappa shape index (κ3) is 2.08. The molecular formula is C11H14N4O6.